The molecular formula is C20H17ClF3N3O4. The van der Waals surface area contributed by atoms with E-state index in [1.165, 1.54) is 43.5 Å². The molecule has 3 rings (SSSR count). The number of aliphatic hydroxyl groups is 1. The summed E-state index contributed by atoms with van der Waals surface area (Å²) in [6, 6.07) is 12.2. The topological polar surface area (TPSA) is 86.3 Å². The molecule has 0 bridgehead atoms. The number of halogens is 4. The van der Waals surface area contributed by atoms with Crippen molar-refractivity contribution in [3.8, 4) is 11.4 Å². The minimum absolute atomic E-state index is 0.0452. The zero-order chi connectivity index (χ0) is 22.8. The van der Waals surface area contributed by atoms with E-state index < -0.39 is 30.5 Å². The average Bonchev–Trinajstić information content (AvgIpc) is 3.03. The van der Waals surface area contributed by atoms with Gasteiger partial charge in [0.2, 0.25) is 0 Å². The molecule has 0 radical (unpaired) electrons. The van der Waals surface area contributed by atoms with Crippen LogP contribution in [-0.2, 0) is 17.8 Å². The highest BCUT2D eigenvalue weighted by Gasteiger charge is 2.39. The molecule has 3 aromatic rings. The summed E-state index contributed by atoms with van der Waals surface area (Å²) in [5.41, 5.74) is 0.415. The summed E-state index contributed by atoms with van der Waals surface area (Å²) in [5.74, 6) is -0.574. The third-order valence-corrected chi connectivity index (χ3v) is 4.72. The normalized spacial score (nSPS) is 12.6. The molecule has 1 N–H and O–H groups in total. The van der Waals surface area contributed by atoms with E-state index in [9.17, 15) is 27.9 Å². The molecule has 0 aliphatic heterocycles. The monoisotopic (exact) mass is 455 g/mol. The minimum Gasteiger partial charge on any atom is -0.465 e. The summed E-state index contributed by atoms with van der Waals surface area (Å²) in [6.45, 7) is -1.07. The van der Waals surface area contributed by atoms with Gasteiger partial charge in [0, 0.05) is 10.6 Å². The van der Waals surface area contributed by atoms with E-state index in [2.05, 4.69) is 9.84 Å². The van der Waals surface area contributed by atoms with Gasteiger partial charge in [-0.1, -0.05) is 23.7 Å². The number of nitrogens with zero attached hydrogens (tertiary/aromatic N) is 3. The van der Waals surface area contributed by atoms with Crippen molar-refractivity contribution in [2.45, 2.75) is 25.4 Å². The Bertz CT molecular complexity index is 1120. The molecule has 0 fully saturated rings. The number of rotatable bonds is 6. The first-order valence-electron chi connectivity index (χ1n) is 8.95. The summed E-state index contributed by atoms with van der Waals surface area (Å²) in [7, 11) is 1.25. The Labute approximate surface area is 179 Å². The lowest BCUT2D eigenvalue weighted by atomic mass is 10.1. The number of hydrogen-bond donors (Lipinski definition) is 1. The number of aromatic nitrogens is 3. The van der Waals surface area contributed by atoms with Crippen LogP contribution in [0.25, 0.3) is 11.4 Å². The number of aliphatic hydroxyl groups excluding tert-OH is 1. The van der Waals surface area contributed by atoms with Crippen LogP contribution >= 0.6 is 11.6 Å². The molecule has 0 aliphatic rings. The molecular weight excluding hydrogens is 439 g/mol. The van der Waals surface area contributed by atoms with Crippen molar-refractivity contribution < 1.29 is 27.8 Å². The number of hydrogen-bond acceptors (Lipinski definition) is 5. The summed E-state index contributed by atoms with van der Waals surface area (Å²) in [4.78, 5) is 24.3. The maximum atomic E-state index is 12.9. The fraction of sp³-hybridized carbons (Fsp3) is 0.250. The Morgan fingerprint density at radius 2 is 1.77 bits per heavy atom. The second-order valence-electron chi connectivity index (χ2n) is 6.63. The maximum absolute atomic E-state index is 12.9. The maximum Gasteiger partial charge on any atom is 0.416 e. The first-order chi connectivity index (χ1) is 14.6. The van der Waals surface area contributed by atoms with Crippen molar-refractivity contribution in [2.24, 2.45) is 0 Å². The molecule has 0 saturated heterocycles. The standard InChI is InChI=1S/C20H17ClF3N3O4/c1-31-18(29)14-4-2-12(3-5-14)10-27-19(30)26(11-16(28)20(22,23)24)17(25-27)13-6-8-15(21)9-7-13/h2-9,16,28H,10-11H2,1H3/t16-/m0/s1. The molecule has 31 heavy (non-hydrogen) atoms. The summed E-state index contributed by atoms with van der Waals surface area (Å²) >= 11 is 5.86. The number of ether oxygens (including phenoxy) is 1. The SMILES string of the molecule is COC(=O)c1ccc(Cn2nc(-c3ccc(Cl)cc3)n(C[C@H](O)C(F)(F)F)c2=O)cc1. The van der Waals surface area contributed by atoms with Crippen molar-refractivity contribution in [3.63, 3.8) is 0 Å². The van der Waals surface area contributed by atoms with Crippen molar-refractivity contribution in [1.29, 1.82) is 0 Å². The smallest absolute Gasteiger partial charge is 0.416 e. The molecule has 2 aromatic carbocycles. The first-order valence-corrected chi connectivity index (χ1v) is 9.33. The fourth-order valence-electron chi connectivity index (χ4n) is 2.83. The van der Waals surface area contributed by atoms with Crippen molar-refractivity contribution in [1.82, 2.24) is 14.3 Å². The minimum atomic E-state index is -4.90. The molecule has 11 heteroatoms. The van der Waals surface area contributed by atoms with Gasteiger partial charge in [0.05, 0.1) is 25.8 Å². The van der Waals surface area contributed by atoms with Crippen molar-refractivity contribution >= 4 is 17.6 Å². The second-order valence-corrected chi connectivity index (χ2v) is 7.06. The highest BCUT2D eigenvalue weighted by Crippen LogP contribution is 2.24. The number of carbonyl (C=O) groups is 1. The van der Waals surface area contributed by atoms with Gasteiger partial charge < -0.3 is 9.84 Å². The van der Waals surface area contributed by atoms with E-state index in [1.54, 1.807) is 12.1 Å². The number of carbonyl (C=O) groups excluding carboxylic acids is 1. The van der Waals surface area contributed by atoms with Gasteiger partial charge in [-0.15, -0.1) is 5.10 Å². The highest BCUT2D eigenvalue weighted by atomic mass is 35.5. The van der Waals surface area contributed by atoms with E-state index in [0.29, 0.717) is 21.7 Å². The number of methoxy groups -OCH3 is 1. The zero-order valence-corrected chi connectivity index (χ0v) is 16.9. The summed E-state index contributed by atoms with van der Waals surface area (Å²) < 4.78 is 45.0. The van der Waals surface area contributed by atoms with E-state index in [0.717, 1.165) is 9.25 Å². The lowest BCUT2D eigenvalue weighted by molar-refractivity contribution is -0.207. The lowest BCUT2D eigenvalue weighted by Crippen LogP contribution is -2.37. The predicted molar refractivity (Wildman–Crippen MR) is 106 cm³/mol. The van der Waals surface area contributed by atoms with Gasteiger partial charge in [-0.25, -0.2) is 14.3 Å². The third kappa shape index (κ3) is 5.15. The Hall–Kier alpha value is -3.11. The van der Waals surface area contributed by atoms with Crippen LogP contribution in [0.15, 0.2) is 53.3 Å². The molecule has 0 spiro atoms. The summed E-state index contributed by atoms with van der Waals surface area (Å²) in [6.07, 6.45) is -7.64. The van der Waals surface area contributed by atoms with E-state index in [4.69, 9.17) is 11.6 Å². The molecule has 7 nitrogen and oxygen atoms in total. The van der Waals surface area contributed by atoms with Gasteiger partial charge in [-0.3, -0.25) is 4.57 Å². The van der Waals surface area contributed by atoms with Crippen LogP contribution in [0.4, 0.5) is 13.2 Å². The van der Waals surface area contributed by atoms with E-state index >= 15 is 0 Å². The van der Waals surface area contributed by atoms with Gasteiger partial charge in [0.15, 0.2) is 11.9 Å². The first kappa shape index (κ1) is 22.6. The van der Waals surface area contributed by atoms with Gasteiger partial charge in [0.25, 0.3) is 0 Å². The lowest BCUT2D eigenvalue weighted by Gasteiger charge is -2.15. The quantitative estimate of drug-likeness (QED) is 0.577. The Morgan fingerprint density at radius 3 is 2.32 bits per heavy atom. The molecule has 1 aromatic heterocycles. The molecule has 0 aliphatic carbocycles. The van der Waals surface area contributed by atoms with Crippen LogP contribution in [0.1, 0.15) is 15.9 Å². The second kappa shape index (κ2) is 8.94. The van der Waals surface area contributed by atoms with Crippen LogP contribution in [-0.4, -0.2) is 44.8 Å². The van der Waals surface area contributed by atoms with Gasteiger partial charge in [-0.05, 0) is 42.0 Å². The number of alkyl halides is 3. The van der Waals surface area contributed by atoms with Crippen LogP contribution in [0.3, 0.4) is 0 Å². The highest BCUT2D eigenvalue weighted by molar-refractivity contribution is 6.30. The van der Waals surface area contributed by atoms with Crippen LogP contribution in [0.2, 0.25) is 5.02 Å². The number of benzene rings is 2. The van der Waals surface area contributed by atoms with E-state index in [-0.39, 0.29) is 12.4 Å². The van der Waals surface area contributed by atoms with Gasteiger partial charge in [0.1, 0.15) is 0 Å². The average molecular weight is 456 g/mol. The zero-order valence-electron chi connectivity index (χ0n) is 16.1. The Morgan fingerprint density at radius 1 is 1.16 bits per heavy atom. The van der Waals surface area contributed by atoms with Gasteiger partial charge >= 0.3 is 17.8 Å². The Kier molecular flexibility index (Phi) is 6.51. The van der Waals surface area contributed by atoms with Crippen LogP contribution in [0.5, 0.6) is 0 Å². The molecule has 1 heterocycles. The van der Waals surface area contributed by atoms with Crippen LogP contribution in [0, 0.1) is 0 Å². The third-order valence-electron chi connectivity index (χ3n) is 4.47. The molecule has 1 atom stereocenters. The Balaban J connectivity index is 1.99. The molecule has 0 amide bonds. The van der Waals surface area contributed by atoms with Crippen LogP contribution < -0.4 is 5.69 Å². The molecule has 164 valence electrons. The van der Waals surface area contributed by atoms with Crippen molar-refractivity contribution in [3.05, 3.63) is 75.2 Å². The fourth-order valence-corrected chi connectivity index (χ4v) is 2.96. The van der Waals surface area contributed by atoms with E-state index in [1.807, 2.05) is 0 Å². The molecule has 0 saturated carbocycles. The number of esters is 1. The largest absolute Gasteiger partial charge is 0.465 e. The molecule has 0 unspecified atom stereocenters. The van der Waals surface area contributed by atoms with Gasteiger partial charge in [-0.2, -0.15) is 13.2 Å². The van der Waals surface area contributed by atoms with Crippen molar-refractivity contribution in [2.75, 3.05) is 7.11 Å². The predicted octanol–water partition coefficient (Wildman–Crippen LogP) is 3.12. The summed E-state index contributed by atoms with van der Waals surface area (Å²) in [5, 5.41) is 14.1.